The van der Waals surface area contributed by atoms with Gasteiger partial charge in [-0.25, -0.2) is 0 Å². The topological polar surface area (TPSA) is 52.6 Å². The van der Waals surface area contributed by atoms with Gasteiger partial charge in [0.25, 0.3) is 0 Å². The molecule has 1 saturated heterocycles. The Morgan fingerprint density at radius 1 is 1.40 bits per heavy atom. The highest BCUT2D eigenvalue weighted by molar-refractivity contribution is 5.78. The van der Waals surface area contributed by atoms with Gasteiger partial charge in [0.1, 0.15) is 5.75 Å². The molecule has 0 radical (unpaired) electrons. The van der Waals surface area contributed by atoms with E-state index in [0.717, 1.165) is 30.6 Å². The number of amides is 1. The third-order valence-corrected chi connectivity index (χ3v) is 3.85. The van der Waals surface area contributed by atoms with Crippen LogP contribution in [0.1, 0.15) is 43.9 Å². The number of aromatic hydroxyl groups is 1. The van der Waals surface area contributed by atoms with Gasteiger partial charge < -0.3 is 15.3 Å². The Morgan fingerprint density at radius 2 is 2.15 bits per heavy atom. The van der Waals surface area contributed by atoms with Gasteiger partial charge in [-0.1, -0.05) is 12.1 Å². The molecular formula is C16H24N2O2. The highest BCUT2D eigenvalue weighted by Crippen LogP contribution is 2.25. The first-order chi connectivity index (χ1) is 9.47. The van der Waals surface area contributed by atoms with Crippen LogP contribution in [0.2, 0.25) is 0 Å². The number of carbonyl (C=O) groups is 1. The standard InChI is InChI=1S/C16H24N2O2/c1-11-6-7-14(15(19)9-11)13(3)17-12(2)10-18-8-4-5-16(18)20/h6-7,9,12-13,17,19H,4-5,8,10H2,1-3H3. The maximum atomic E-state index is 11.6. The zero-order chi connectivity index (χ0) is 14.7. The fourth-order valence-electron chi connectivity index (χ4n) is 2.82. The molecule has 4 nitrogen and oxygen atoms in total. The molecule has 20 heavy (non-hydrogen) atoms. The zero-order valence-electron chi connectivity index (χ0n) is 12.5. The molecule has 1 aliphatic rings. The zero-order valence-corrected chi connectivity index (χ0v) is 12.5. The number of rotatable bonds is 5. The monoisotopic (exact) mass is 276 g/mol. The third kappa shape index (κ3) is 3.51. The predicted octanol–water partition coefficient (Wildman–Crippen LogP) is 2.36. The average Bonchev–Trinajstić information content (AvgIpc) is 2.74. The number of carbonyl (C=O) groups excluding carboxylic acids is 1. The minimum Gasteiger partial charge on any atom is -0.508 e. The van der Waals surface area contributed by atoms with Gasteiger partial charge in [-0.15, -0.1) is 0 Å². The van der Waals surface area contributed by atoms with Crippen LogP contribution in [0.3, 0.4) is 0 Å². The molecule has 2 atom stereocenters. The summed E-state index contributed by atoms with van der Waals surface area (Å²) in [5.41, 5.74) is 1.95. The molecule has 1 aromatic rings. The fraction of sp³-hybridized carbons (Fsp3) is 0.562. The number of nitrogens with one attached hydrogen (secondary N) is 1. The quantitative estimate of drug-likeness (QED) is 0.868. The van der Waals surface area contributed by atoms with Gasteiger partial charge in [0, 0.05) is 37.2 Å². The lowest BCUT2D eigenvalue weighted by Gasteiger charge is -2.25. The lowest BCUT2D eigenvalue weighted by atomic mass is 10.0. The van der Waals surface area contributed by atoms with E-state index >= 15 is 0 Å². The third-order valence-electron chi connectivity index (χ3n) is 3.85. The van der Waals surface area contributed by atoms with Crippen molar-refractivity contribution in [3.8, 4) is 5.75 Å². The van der Waals surface area contributed by atoms with Crippen molar-refractivity contribution in [2.75, 3.05) is 13.1 Å². The molecule has 0 aliphatic carbocycles. The number of likely N-dealkylation sites (tertiary alicyclic amines) is 1. The van der Waals surface area contributed by atoms with Crippen molar-refractivity contribution in [2.45, 2.75) is 45.7 Å². The average molecular weight is 276 g/mol. The molecule has 2 rings (SSSR count). The Labute approximate surface area is 120 Å². The first-order valence-electron chi connectivity index (χ1n) is 7.30. The van der Waals surface area contributed by atoms with Crippen LogP contribution in [0.25, 0.3) is 0 Å². The van der Waals surface area contributed by atoms with Gasteiger partial charge in [-0.2, -0.15) is 0 Å². The molecule has 0 saturated carbocycles. The van der Waals surface area contributed by atoms with E-state index in [2.05, 4.69) is 12.2 Å². The molecule has 1 amide bonds. The Kier molecular flexibility index (Phi) is 4.65. The van der Waals surface area contributed by atoms with Gasteiger partial charge in [0.2, 0.25) is 5.91 Å². The van der Waals surface area contributed by atoms with Crippen LogP contribution in [0.15, 0.2) is 18.2 Å². The number of phenolic OH excluding ortho intramolecular Hbond substituents is 1. The largest absolute Gasteiger partial charge is 0.508 e. The second-order valence-corrected chi connectivity index (χ2v) is 5.79. The van der Waals surface area contributed by atoms with E-state index in [0.29, 0.717) is 12.2 Å². The van der Waals surface area contributed by atoms with Crippen LogP contribution in [0, 0.1) is 6.92 Å². The van der Waals surface area contributed by atoms with Crippen molar-refractivity contribution in [2.24, 2.45) is 0 Å². The van der Waals surface area contributed by atoms with Crippen LogP contribution in [0.4, 0.5) is 0 Å². The summed E-state index contributed by atoms with van der Waals surface area (Å²) in [5, 5.41) is 13.4. The van der Waals surface area contributed by atoms with Crippen LogP contribution < -0.4 is 5.32 Å². The summed E-state index contributed by atoms with van der Waals surface area (Å²) >= 11 is 0. The molecular weight excluding hydrogens is 252 g/mol. The van der Waals surface area contributed by atoms with Crippen molar-refractivity contribution in [1.82, 2.24) is 10.2 Å². The Balaban J connectivity index is 1.93. The second kappa shape index (κ2) is 6.27. The summed E-state index contributed by atoms with van der Waals surface area (Å²) in [6.07, 6.45) is 1.65. The molecule has 2 unspecified atom stereocenters. The maximum Gasteiger partial charge on any atom is 0.222 e. The Hall–Kier alpha value is -1.55. The molecule has 1 heterocycles. The molecule has 2 N–H and O–H groups in total. The van der Waals surface area contributed by atoms with Crippen molar-refractivity contribution in [3.63, 3.8) is 0 Å². The maximum absolute atomic E-state index is 11.6. The summed E-state index contributed by atoms with van der Waals surface area (Å²) in [7, 11) is 0. The SMILES string of the molecule is Cc1ccc(C(C)NC(C)CN2CCCC2=O)c(O)c1. The minimum atomic E-state index is 0.0586. The lowest BCUT2D eigenvalue weighted by Crippen LogP contribution is -2.40. The normalized spacial score (nSPS) is 18.4. The van der Waals surface area contributed by atoms with E-state index in [9.17, 15) is 9.90 Å². The summed E-state index contributed by atoms with van der Waals surface area (Å²) in [4.78, 5) is 13.5. The summed E-state index contributed by atoms with van der Waals surface area (Å²) in [6.45, 7) is 7.67. The van der Waals surface area contributed by atoms with Gasteiger partial charge in [0.15, 0.2) is 0 Å². The van der Waals surface area contributed by atoms with Gasteiger partial charge in [0.05, 0.1) is 0 Å². The molecule has 0 spiro atoms. The summed E-state index contributed by atoms with van der Waals surface area (Å²) in [6, 6.07) is 6.00. The fourth-order valence-corrected chi connectivity index (χ4v) is 2.82. The first kappa shape index (κ1) is 14.9. The van der Waals surface area contributed by atoms with Gasteiger partial charge >= 0.3 is 0 Å². The van der Waals surface area contributed by atoms with Crippen LogP contribution >= 0.6 is 0 Å². The highest BCUT2D eigenvalue weighted by atomic mass is 16.3. The molecule has 1 aliphatic heterocycles. The van der Waals surface area contributed by atoms with Crippen molar-refractivity contribution in [3.05, 3.63) is 29.3 Å². The molecule has 0 aromatic heterocycles. The number of benzene rings is 1. The number of aryl methyl sites for hydroxylation is 1. The van der Waals surface area contributed by atoms with Crippen LogP contribution in [-0.4, -0.2) is 35.0 Å². The molecule has 0 bridgehead atoms. The second-order valence-electron chi connectivity index (χ2n) is 5.79. The number of phenols is 1. The number of nitrogens with zero attached hydrogens (tertiary/aromatic N) is 1. The summed E-state index contributed by atoms with van der Waals surface area (Å²) in [5.74, 6) is 0.582. The number of hydrogen-bond donors (Lipinski definition) is 2. The van der Waals surface area contributed by atoms with E-state index in [1.807, 2.05) is 30.9 Å². The van der Waals surface area contributed by atoms with Crippen molar-refractivity contribution < 1.29 is 9.90 Å². The van der Waals surface area contributed by atoms with E-state index < -0.39 is 0 Å². The van der Waals surface area contributed by atoms with Gasteiger partial charge in [-0.3, -0.25) is 4.79 Å². The van der Waals surface area contributed by atoms with E-state index in [1.54, 1.807) is 6.07 Å². The van der Waals surface area contributed by atoms with E-state index in [1.165, 1.54) is 0 Å². The highest BCUT2D eigenvalue weighted by Gasteiger charge is 2.22. The Morgan fingerprint density at radius 3 is 2.75 bits per heavy atom. The lowest BCUT2D eigenvalue weighted by molar-refractivity contribution is -0.127. The molecule has 1 aromatic carbocycles. The smallest absolute Gasteiger partial charge is 0.222 e. The predicted molar refractivity (Wildman–Crippen MR) is 79.7 cm³/mol. The molecule has 110 valence electrons. The number of hydrogen-bond acceptors (Lipinski definition) is 3. The van der Waals surface area contributed by atoms with Crippen LogP contribution in [-0.2, 0) is 4.79 Å². The van der Waals surface area contributed by atoms with Crippen molar-refractivity contribution in [1.29, 1.82) is 0 Å². The minimum absolute atomic E-state index is 0.0586. The summed E-state index contributed by atoms with van der Waals surface area (Å²) < 4.78 is 0. The first-order valence-corrected chi connectivity index (χ1v) is 7.30. The molecule has 4 heteroatoms. The van der Waals surface area contributed by atoms with Crippen molar-refractivity contribution >= 4 is 5.91 Å². The van der Waals surface area contributed by atoms with E-state index in [-0.39, 0.29) is 18.0 Å². The Bertz CT molecular complexity index is 487. The molecule has 1 fully saturated rings. The van der Waals surface area contributed by atoms with E-state index in [4.69, 9.17) is 0 Å². The van der Waals surface area contributed by atoms with Gasteiger partial charge in [-0.05, 0) is 38.8 Å². The van der Waals surface area contributed by atoms with Crippen LogP contribution in [0.5, 0.6) is 5.75 Å².